The third-order valence-electron chi connectivity index (χ3n) is 4.21. The molecule has 0 fully saturated rings. The summed E-state index contributed by atoms with van der Waals surface area (Å²) in [6, 6.07) is 8.16. The van der Waals surface area contributed by atoms with Gasteiger partial charge in [-0.25, -0.2) is 4.98 Å². The monoisotopic (exact) mass is 357 g/mol. The van der Waals surface area contributed by atoms with Gasteiger partial charge in [0.1, 0.15) is 17.0 Å². The summed E-state index contributed by atoms with van der Waals surface area (Å²) in [5.74, 6) is 1.70. The van der Waals surface area contributed by atoms with E-state index < -0.39 is 0 Å². The highest BCUT2D eigenvalue weighted by Gasteiger charge is 2.17. The number of imidazole rings is 1. The number of para-hydroxylation sites is 1. The molecule has 0 N–H and O–H groups in total. The number of hydrogen-bond acceptors (Lipinski definition) is 5. The predicted molar refractivity (Wildman–Crippen MR) is 102 cm³/mol. The maximum absolute atomic E-state index is 5.90. The van der Waals surface area contributed by atoms with Crippen LogP contribution in [0.3, 0.4) is 0 Å². The van der Waals surface area contributed by atoms with Gasteiger partial charge in [-0.15, -0.1) is 11.8 Å². The number of hydrogen-bond donors (Lipinski definition) is 0. The summed E-state index contributed by atoms with van der Waals surface area (Å²) in [5, 5.41) is 0. The van der Waals surface area contributed by atoms with Crippen molar-refractivity contribution >= 4 is 22.8 Å². The van der Waals surface area contributed by atoms with E-state index in [9.17, 15) is 0 Å². The Kier molecular flexibility index (Phi) is 5.60. The fourth-order valence-electron chi connectivity index (χ4n) is 2.85. The van der Waals surface area contributed by atoms with E-state index >= 15 is 0 Å². The standard InChI is InChI=1S/C19H23N3O2S/c1-13-15(24-12-6-11-23-3)9-10-20-17(13)19-21-18-14(22(19)2)7-5-8-16(18)25-4/h5,7-10H,6,11-12H2,1-4H3. The molecule has 0 unspecified atom stereocenters. The second kappa shape index (κ2) is 7.89. The molecular formula is C19H23N3O2S. The minimum absolute atomic E-state index is 0.622. The topological polar surface area (TPSA) is 49.2 Å². The number of aryl methyl sites for hydroxylation is 1. The summed E-state index contributed by atoms with van der Waals surface area (Å²) in [6.45, 7) is 3.35. The lowest BCUT2D eigenvalue weighted by Gasteiger charge is -2.12. The molecule has 3 rings (SSSR count). The van der Waals surface area contributed by atoms with Gasteiger partial charge in [-0.05, 0) is 31.4 Å². The van der Waals surface area contributed by atoms with E-state index in [2.05, 4.69) is 34.0 Å². The minimum atomic E-state index is 0.622. The highest BCUT2D eigenvalue weighted by molar-refractivity contribution is 7.98. The Morgan fingerprint density at radius 3 is 2.80 bits per heavy atom. The smallest absolute Gasteiger partial charge is 0.160 e. The molecule has 2 heterocycles. The lowest BCUT2D eigenvalue weighted by Crippen LogP contribution is -2.04. The quantitative estimate of drug-likeness (QED) is 0.471. The second-order valence-electron chi connectivity index (χ2n) is 5.80. The van der Waals surface area contributed by atoms with E-state index in [1.54, 1.807) is 25.1 Å². The Balaban J connectivity index is 1.99. The van der Waals surface area contributed by atoms with Crippen molar-refractivity contribution in [2.24, 2.45) is 7.05 Å². The van der Waals surface area contributed by atoms with E-state index in [1.165, 1.54) is 4.90 Å². The molecule has 0 spiro atoms. The molecule has 3 aromatic rings. The number of methoxy groups -OCH3 is 1. The van der Waals surface area contributed by atoms with Gasteiger partial charge in [-0.1, -0.05) is 6.07 Å². The van der Waals surface area contributed by atoms with Gasteiger partial charge in [0.25, 0.3) is 0 Å². The molecule has 6 heteroatoms. The summed E-state index contributed by atoms with van der Waals surface area (Å²) in [7, 11) is 3.73. The molecule has 25 heavy (non-hydrogen) atoms. The van der Waals surface area contributed by atoms with E-state index in [0.29, 0.717) is 13.2 Å². The van der Waals surface area contributed by atoms with Crippen molar-refractivity contribution < 1.29 is 9.47 Å². The van der Waals surface area contributed by atoms with Gasteiger partial charge in [0, 0.05) is 43.8 Å². The first-order valence-corrected chi connectivity index (χ1v) is 9.47. The number of benzene rings is 1. The zero-order chi connectivity index (χ0) is 17.8. The largest absolute Gasteiger partial charge is 0.493 e. The number of thioether (sulfide) groups is 1. The average Bonchev–Trinajstić information content (AvgIpc) is 2.97. The summed E-state index contributed by atoms with van der Waals surface area (Å²) in [5.41, 5.74) is 3.98. The van der Waals surface area contributed by atoms with Gasteiger partial charge in [0.15, 0.2) is 5.82 Å². The number of pyridine rings is 1. The molecular weight excluding hydrogens is 334 g/mol. The molecule has 2 aromatic heterocycles. The van der Waals surface area contributed by atoms with Crippen LogP contribution in [0.5, 0.6) is 5.75 Å². The normalized spacial score (nSPS) is 11.2. The van der Waals surface area contributed by atoms with E-state index in [1.807, 2.05) is 20.0 Å². The van der Waals surface area contributed by atoms with Crippen molar-refractivity contribution in [2.45, 2.75) is 18.2 Å². The molecule has 0 radical (unpaired) electrons. The molecule has 0 aliphatic carbocycles. The van der Waals surface area contributed by atoms with Crippen molar-refractivity contribution in [3.05, 3.63) is 36.0 Å². The first-order valence-electron chi connectivity index (χ1n) is 8.24. The summed E-state index contributed by atoms with van der Waals surface area (Å²) >= 11 is 1.71. The van der Waals surface area contributed by atoms with Gasteiger partial charge < -0.3 is 14.0 Å². The van der Waals surface area contributed by atoms with Crippen molar-refractivity contribution in [1.29, 1.82) is 0 Å². The van der Waals surface area contributed by atoms with Crippen LogP contribution in [0.15, 0.2) is 35.4 Å². The molecule has 132 valence electrons. The van der Waals surface area contributed by atoms with Crippen LogP contribution >= 0.6 is 11.8 Å². The minimum Gasteiger partial charge on any atom is -0.493 e. The molecule has 0 atom stereocenters. The number of nitrogens with zero attached hydrogens (tertiary/aromatic N) is 3. The van der Waals surface area contributed by atoms with E-state index in [0.717, 1.165) is 40.3 Å². The van der Waals surface area contributed by atoms with E-state index in [4.69, 9.17) is 14.5 Å². The number of rotatable bonds is 7. The van der Waals surface area contributed by atoms with Gasteiger partial charge in [0.2, 0.25) is 0 Å². The van der Waals surface area contributed by atoms with Crippen LogP contribution in [0.25, 0.3) is 22.6 Å². The van der Waals surface area contributed by atoms with Crippen LogP contribution in [0.4, 0.5) is 0 Å². The SMILES string of the molecule is COCCCOc1ccnc(-c2nc3c(SC)cccc3n2C)c1C. The summed E-state index contributed by atoms with van der Waals surface area (Å²) in [6.07, 6.45) is 4.71. The van der Waals surface area contributed by atoms with Gasteiger partial charge in [-0.2, -0.15) is 0 Å². The maximum Gasteiger partial charge on any atom is 0.160 e. The highest BCUT2D eigenvalue weighted by Crippen LogP contribution is 2.32. The molecule has 0 saturated heterocycles. The Morgan fingerprint density at radius 2 is 2.04 bits per heavy atom. The van der Waals surface area contributed by atoms with Gasteiger partial charge in [0.05, 0.1) is 12.1 Å². The first-order chi connectivity index (χ1) is 12.2. The average molecular weight is 357 g/mol. The Hall–Kier alpha value is -2.05. The molecule has 0 aliphatic rings. The zero-order valence-electron chi connectivity index (χ0n) is 15.1. The lowest BCUT2D eigenvalue weighted by molar-refractivity contribution is 0.172. The van der Waals surface area contributed by atoms with Crippen molar-refractivity contribution in [1.82, 2.24) is 14.5 Å². The highest BCUT2D eigenvalue weighted by atomic mass is 32.2. The lowest BCUT2D eigenvalue weighted by atomic mass is 10.2. The first kappa shape index (κ1) is 17.8. The molecule has 1 aromatic carbocycles. The van der Waals surface area contributed by atoms with Crippen LogP contribution in [0, 0.1) is 6.92 Å². The molecule has 5 nitrogen and oxygen atoms in total. The van der Waals surface area contributed by atoms with Crippen molar-refractivity contribution in [3.63, 3.8) is 0 Å². The summed E-state index contributed by atoms with van der Waals surface area (Å²) < 4.78 is 13.1. The van der Waals surface area contributed by atoms with Crippen LogP contribution in [0.1, 0.15) is 12.0 Å². The number of ether oxygens (including phenoxy) is 2. The molecule has 0 bridgehead atoms. The number of aromatic nitrogens is 3. The molecule has 0 aliphatic heterocycles. The second-order valence-corrected chi connectivity index (χ2v) is 6.65. The molecule has 0 amide bonds. The van der Waals surface area contributed by atoms with Gasteiger partial charge in [-0.3, -0.25) is 4.98 Å². The van der Waals surface area contributed by atoms with Gasteiger partial charge >= 0.3 is 0 Å². The fraction of sp³-hybridized carbons (Fsp3) is 0.368. The van der Waals surface area contributed by atoms with E-state index in [-0.39, 0.29) is 0 Å². The van der Waals surface area contributed by atoms with Crippen molar-refractivity contribution in [2.75, 3.05) is 26.6 Å². The van der Waals surface area contributed by atoms with Crippen molar-refractivity contribution in [3.8, 4) is 17.3 Å². The third kappa shape index (κ3) is 3.50. The predicted octanol–water partition coefficient (Wildman–Crippen LogP) is 4.08. The van der Waals surface area contributed by atoms with Crippen LogP contribution in [-0.4, -0.2) is 41.1 Å². The zero-order valence-corrected chi connectivity index (χ0v) is 15.9. The Labute approximate surface area is 152 Å². The molecule has 0 saturated carbocycles. The maximum atomic E-state index is 5.90. The Bertz CT molecular complexity index is 876. The fourth-order valence-corrected chi connectivity index (χ4v) is 3.41. The third-order valence-corrected chi connectivity index (χ3v) is 4.98. The van der Waals surface area contributed by atoms with Crippen LogP contribution < -0.4 is 4.74 Å². The Morgan fingerprint density at radius 1 is 1.20 bits per heavy atom. The van der Waals surface area contributed by atoms with Crippen LogP contribution in [-0.2, 0) is 11.8 Å². The van der Waals surface area contributed by atoms with Crippen LogP contribution in [0.2, 0.25) is 0 Å². The summed E-state index contributed by atoms with van der Waals surface area (Å²) in [4.78, 5) is 10.6. The number of fused-ring (bicyclic) bond motifs is 1.